The van der Waals surface area contributed by atoms with Crippen LogP contribution in [0.4, 0.5) is 0 Å². The summed E-state index contributed by atoms with van der Waals surface area (Å²) in [6.45, 7) is 3.50. The Morgan fingerprint density at radius 2 is 2.00 bits per heavy atom. The van der Waals surface area contributed by atoms with E-state index < -0.39 is 0 Å². The number of rotatable bonds is 8. The van der Waals surface area contributed by atoms with Crippen LogP contribution in [0.25, 0.3) is 22.8 Å². The number of imidazole rings is 2. The van der Waals surface area contributed by atoms with Gasteiger partial charge in [0.25, 0.3) is 0 Å². The summed E-state index contributed by atoms with van der Waals surface area (Å²) in [6.07, 6.45) is 10.8. The zero-order valence-corrected chi connectivity index (χ0v) is 16.6. The van der Waals surface area contributed by atoms with Gasteiger partial charge in [-0.2, -0.15) is 0 Å². The molecular weight excluding hydrogens is 350 g/mol. The zero-order chi connectivity index (χ0) is 19.2. The van der Waals surface area contributed by atoms with Crippen molar-refractivity contribution >= 4 is 0 Å². The van der Waals surface area contributed by atoms with Crippen molar-refractivity contribution in [2.75, 3.05) is 20.3 Å². The Morgan fingerprint density at radius 3 is 2.79 bits per heavy atom. The van der Waals surface area contributed by atoms with Gasteiger partial charge in [0.1, 0.15) is 5.69 Å². The molecule has 0 bridgehead atoms. The van der Waals surface area contributed by atoms with Crippen molar-refractivity contribution in [2.45, 2.75) is 44.8 Å². The monoisotopic (exact) mass is 379 g/mol. The molecule has 4 rings (SSSR count). The highest BCUT2D eigenvalue weighted by molar-refractivity contribution is 5.75. The molecule has 28 heavy (non-hydrogen) atoms. The largest absolute Gasteiger partial charge is 0.383 e. The summed E-state index contributed by atoms with van der Waals surface area (Å²) in [4.78, 5) is 9.47. The fraction of sp³-hybridized carbons (Fsp3) is 0.455. The second-order valence-corrected chi connectivity index (χ2v) is 7.37. The molecule has 0 spiro atoms. The van der Waals surface area contributed by atoms with E-state index in [9.17, 15) is 0 Å². The van der Waals surface area contributed by atoms with Crippen molar-refractivity contribution in [1.29, 1.82) is 0 Å². The average molecular weight is 380 g/mol. The number of benzene rings is 1. The number of nitrogens with one attached hydrogen (secondary N) is 1. The maximum Gasteiger partial charge on any atom is 0.159 e. The molecule has 3 heterocycles. The lowest BCUT2D eigenvalue weighted by Gasteiger charge is -2.23. The molecule has 3 aromatic rings. The fourth-order valence-electron chi connectivity index (χ4n) is 3.96. The SMILES string of the molecule is COCCn1ccnc1-c1c(-c2ccccc2)ncn1CCC1CCCCN1. The first-order valence-electron chi connectivity index (χ1n) is 10.2. The van der Waals surface area contributed by atoms with Gasteiger partial charge in [0.2, 0.25) is 0 Å². The molecule has 6 nitrogen and oxygen atoms in total. The Balaban J connectivity index is 1.66. The quantitative estimate of drug-likeness (QED) is 0.650. The van der Waals surface area contributed by atoms with Crippen molar-refractivity contribution in [1.82, 2.24) is 24.4 Å². The van der Waals surface area contributed by atoms with Crippen molar-refractivity contribution in [3.05, 3.63) is 49.1 Å². The first kappa shape index (κ1) is 18.9. The van der Waals surface area contributed by atoms with Crippen LogP contribution in [0, 0.1) is 0 Å². The molecule has 0 amide bonds. The predicted molar refractivity (Wildman–Crippen MR) is 111 cm³/mol. The molecule has 0 saturated carbocycles. The molecule has 148 valence electrons. The minimum absolute atomic E-state index is 0.595. The molecule has 0 aliphatic carbocycles. The summed E-state index contributed by atoms with van der Waals surface area (Å²) in [5.41, 5.74) is 3.19. The first-order chi connectivity index (χ1) is 13.9. The lowest BCUT2D eigenvalue weighted by molar-refractivity contribution is 0.187. The third-order valence-corrected chi connectivity index (χ3v) is 5.48. The molecule has 1 N–H and O–H groups in total. The zero-order valence-electron chi connectivity index (χ0n) is 16.6. The van der Waals surface area contributed by atoms with E-state index in [2.05, 4.69) is 43.7 Å². The summed E-state index contributed by atoms with van der Waals surface area (Å²) in [5, 5.41) is 3.65. The van der Waals surface area contributed by atoms with Gasteiger partial charge in [0.15, 0.2) is 5.82 Å². The summed E-state index contributed by atoms with van der Waals surface area (Å²) < 4.78 is 9.70. The summed E-state index contributed by atoms with van der Waals surface area (Å²) in [6, 6.07) is 11.0. The number of hydrogen-bond donors (Lipinski definition) is 1. The molecule has 1 fully saturated rings. The molecule has 6 heteroatoms. The molecule has 1 saturated heterocycles. The van der Waals surface area contributed by atoms with Crippen LogP contribution in [-0.2, 0) is 17.8 Å². The first-order valence-corrected chi connectivity index (χ1v) is 10.2. The minimum atomic E-state index is 0.595. The van der Waals surface area contributed by atoms with Gasteiger partial charge in [-0.3, -0.25) is 0 Å². The second-order valence-electron chi connectivity index (χ2n) is 7.37. The van der Waals surface area contributed by atoms with Gasteiger partial charge in [-0.05, 0) is 25.8 Å². The van der Waals surface area contributed by atoms with Crippen LogP contribution in [0.3, 0.4) is 0 Å². The van der Waals surface area contributed by atoms with E-state index >= 15 is 0 Å². The average Bonchev–Trinajstić information content (AvgIpc) is 3.38. The summed E-state index contributed by atoms with van der Waals surface area (Å²) in [7, 11) is 1.73. The van der Waals surface area contributed by atoms with Crippen molar-refractivity contribution < 1.29 is 4.74 Å². The number of piperidine rings is 1. The molecule has 1 aliphatic heterocycles. The van der Waals surface area contributed by atoms with Crippen LogP contribution in [-0.4, -0.2) is 45.4 Å². The van der Waals surface area contributed by atoms with Crippen LogP contribution < -0.4 is 5.32 Å². The summed E-state index contributed by atoms with van der Waals surface area (Å²) >= 11 is 0. The number of aromatic nitrogens is 4. The van der Waals surface area contributed by atoms with Crippen LogP contribution >= 0.6 is 0 Å². The standard InChI is InChI=1S/C22H29N5O/c1-28-16-15-26-14-12-24-22(26)21-20(18-7-3-2-4-8-18)25-17-27(21)13-10-19-9-5-6-11-23-19/h2-4,7-8,12,14,17,19,23H,5-6,9-11,13,15-16H2,1H3. The lowest BCUT2D eigenvalue weighted by Crippen LogP contribution is -2.34. The van der Waals surface area contributed by atoms with Crippen LogP contribution in [0.5, 0.6) is 0 Å². The van der Waals surface area contributed by atoms with Gasteiger partial charge in [-0.1, -0.05) is 36.8 Å². The third-order valence-electron chi connectivity index (χ3n) is 5.48. The van der Waals surface area contributed by atoms with Crippen molar-refractivity contribution in [3.63, 3.8) is 0 Å². The van der Waals surface area contributed by atoms with E-state index in [4.69, 9.17) is 9.72 Å². The highest BCUT2D eigenvalue weighted by Gasteiger charge is 2.20. The van der Waals surface area contributed by atoms with Gasteiger partial charge < -0.3 is 19.2 Å². The number of ether oxygens (including phenoxy) is 1. The summed E-state index contributed by atoms with van der Waals surface area (Å²) in [5.74, 6) is 0.949. The number of aryl methyl sites for hydroxylation is 1. The molecule has 0 radical (unpaired) electrons. The smallest absolute Gasteiger partial charge is 0.159 e. The Hall–Kier alpha value is -2.44. The fourth-order valence-corrected chi connectivity index (χ4v) is 3.96. The van der Waals surface area contributed by atoms with Crippen LogP contribution in [0.15, 0.2) is 49.1 Å². The van der Waals surface area contributed by atoms with Crippen LogP contribution in [0.1, 0.15) is 25.7 Å². The lowest BCUT2D eigenvalue weighted by atomic mass is 10.0. The van der Waals surface area contributed by atoms with Crippen molar-refractivity contribution in [2.24, 2.45) is 0 Å². The predicted octanol–water partition coefficient (Wildman–Crippen LogP) is 3.59. The van der Waals surface area contributed by atoms with E-state index in [1.807, 2.05) is 24.8 Å². The maximum absolute atomic E-state index is 5.28. The molecule has 2 aromatic heterocycles. The van der Waals surface area contributed by atoms with E-state index in [0.29, 0.717) is 12.6 Å². The second kappa shape index (κ2) is 9.17. The van der Waals surface area contributed by atoms with Gasteiger partial charge in [-0.15, -0.1) is 0 Å². The highest BCUT2D eigenvalue weighted by Crippen LogP contribution is 2.30. The molecular formula is C22H29N5O. The van der Waals surface area contributed by atoms with Crippen LogP contribution in [0.2, 0.25) is 0 Å². The topological polar surface area (TPSA) is 56.9 Å². The number of hydrogen-bond acceptors (Lipinski definition) is 4. The third kappa shape index (κ3) is 4.18. The van der Waals surface area contributed by atoms with E-state index in [1.54, 1.807) is 7.11 Å². The minimum Gasteiger partial charge on any atom is -0.383 e. The van der Waals surface area contributed by atoms with E-state index in [0.717, 1.165) is 48.8 Å². The molecule has 1 aliphatic rings. The van der Waals surface area contributed by atoms with Gasteiger partial charge in [0.05, 0.1) is 18.6 Å². The molecule has 1 aromatic carbocycles. The Bertz CT molecular complexity index is 864. The number of nitrogens with zero attached hydrogens (tertiary/aromatic N) is 4. The Kier molecular flexibility index (Phi) is 6.19. The maximum atomic E-state index is 5.28. The van der Waals surface area contributed by atoms with Crippen molar-refractivity contribution in [3.8, 4) is 22.8 Å². The Morgan fingerprint density at radius 1 is 1.11 bits per heavy atom. The molecule has 1 unspecified atom stereocenters. The highest BCUT2D eigenvalue weighted by atomic mass is 16.5. The van der Waals surface area contributed by atoms with E-state index in [1.165, 1.54) is 19.3 Å². The normalized spacial score (nSPS) is 17.1. The van der Waals surface area contributed by atoms with Gasteiger partial charge >= 0.3 is 0 Å². The molecule has 1 atom stereocenters. The Labute approximate surface area is 166 Å². The van der Waals surface area contributed by atoms with Gasteiger partial charge in [0, 0.05) is 44.2 Å². The van der Waals surface area contributed by atoms with Gasteiger partial charge in [-0.25, -0.2) is 9.97 Å². The van der Waals surface area contributed by atoms with E-state index in [-0.39, 0.29) is 0 Å². The number of methoxy groups -OCH3 is 1.